The molecule has 10 heteroatoms. The second-order valence-corrected chi connectivity index (χ2v) is 12.1. The Labute approximate surface area is 243 Å². The van der Waals surface area contributed by atoms with E-state index in [-0.39, 0.29) is 31.6 Å². The van der Waals surface area contributed by atoms with Gasteiger partial charge in [0.2, 0.25) is 0 Å². The Morgan fingerprint density at radius 3 is 2.68 bits per heavy atom. The number of fused-ring (bicyclic) bond motifs is 5. The SMILES string of the molecule is CC[C@@]1(OC(=O)CN)CC(=O)OCc2c1cc1n(c2=O)Cc2c-1nc1cc(Cl)c(C)cc1c2CN1CCC(C)CC1. The van der Waals surface area contributed by atoms with Crippen LogP contribution < -0.4 is 11.3 Å². The van der Waals surface area contributed by atoms with Crippen molar-refractivity contribution >= 4 is 34.4 Å². The summed E-state index contributed by atoms with van der Waals surface area (Å²) in [5.74, 6) is -0.474. The third-order valence-electron chi connectivity index (χ3n) is 9.05. The number of halogens is 1. The summed E-state index contributed by atoms with van der Waals surface area (Å²) in [6, 6.07) is 5.85. The van der Waals surface area contributed by atoms with Crippen molar-refractivity contribution in [2.24, 2.45) is 11.7 Å². The molecule has 41 heavy (non-hydrogen) atoms. The van der Waals surface area contributed by atoms with E-state index in [1.165, 1.54) is 0 Å². The zero-order valence-electron chi connectivity index (χ0n) is 23.7. The molecule has 3 aromatic rings. The summed E-state index contributed by atoms with van der Waals surface area (Å²) in [7, 11) is 0. The van der Waals surface area contributed by atoms with Gasteiger partial charge in [-0.2, -0.15) is 0 Å². The van der Waals surface area contributed by atoms with Crippen LogP contribution in [0.1, 0.15) is 67.3 Å². The van der Waals surface area contributed by atoms with Crippen molar-refractivity contribution in [2.45, 2.75) is 71.8 Å². The van der Waals surface area contributed by atoms with Gasteiger partial charge in [-0.15, -0.1) is 0 Å². The molecule has 5 heterocycles. The molecule has 2 N–H and O–H groups in total. The lowest BCUT2D eigenvalue weighted by atomic mass is 9.85. The molecule has 0 aliphatic carbocycles. The van der Waals surface area contributed by atoms with Crippen LogP contribution >= 0.6 is 11.6 Å². The third-order valence-corrected chi connectivity index (χ3v) is 9.45. The number of rotatable bonds is 5. The van der Waals surface area contributed by atoms with Gasteiger partial charge in [0.25, 0.3) is 5.56 Å². The number of hydrogen-bond acceptors (Lipinski definition) is 8. The number of nitrogens with two attached hydrogens (primary N) is 1. The van der Waals surface area contributed by atoms with Crippen molar-refractivity contribution in [1.29, 1.82) is 0 Å². The molecule has 9 nitrogen and oxygen atoms in total. The molecule has 0 unspecified atom stereocenters. The first kappa shape index (κ1) is 27.9. The number of nitrogens with zero attached hydrogens (tertiary/aromatic N) is 3. The van der Waals surface area contributed by atoms with Gasteiger partial charge < -0.3 is 19.8 Å². The Morgan fingerprint density at radius 1 is 1.22 bits per heavy atom. The minimum Gasteiger partial charge on any atom is -0.460 e. The highest BCUT2D eigenvalue weighted by Crippen LogP contribution is 2.43. The minimum atomic E-state index is -1.36. The normalized spacial score (nSPS) is 20.8. The van der Waals surface area contributed by atoms with Crippen LogP contribution in [0, 0.1) is 12.8 Å². The topological polar surface area (TPSA) is 117 Å². The summed E-state index contributed by atoms with van der Waals surface area (Å²) < 4.78 is 13.0. The van der Waals surface area contributed by atoms with E-state index in [9.17, 15) is 14.4 Å². The zero-order valence-corrected chi connectivity index (χ0v) is 24.5. The van der Waals surface area contributed by atoms with Gasteiger partial charge >= 0.3 is 11.9 Å². The van der Waals surface area contributed by atoms with Crippen molar-refractivity contribution in [1.82, 2.24) is 14.5 Å². The molecular formula is C31H35ClN4O5. The number of piperidine rings is 1. The Morgan fingerprint density at radius 2 is 1.98 bits per heavy atom. The number of benzene rings is 1. The third kappa shape index (κ3) is 4.73. The van der Waals surface area contributed by atoms with Gasteiger partial charge in [-0.25, -0.2) is 4.98 Å². The number of likely N-dealkylation sites (tertiary alicyclic amines) is 1. The fraction of sp³-hybridized carbons (Fsp3) is 0.484. The smallest absolute Gasteiger partial charge is 0.320 e. The van der Waals surface area contributed by atoms with Gasteiger partial charge in [0.1, 0.15) is 12.2 Å². The Balaban J connectivity index is 1.56. The highest BCUT2D eigenvalue weighted by Gasteiger charge is 2.44. The fourth-order valence-corrected chi connectivity index (χ4v) is 6.68. The van der Waals surface area contributed by atoms with Crippen LogP contribution in [0.3, 0.4) is 0 Å². The van der Waals surface area contributed by atoms with Gasteiger partial charge in [-0.1, -0.05) is 25.4 Å². The number of ether oxygens (including phenoxy) is 2. The summed E-state index contributed by atoms with van der Waals surface area (Å²) in [5, 5.41) is 1.68. The molecule has 0 saturated carbocycles. The summed E-state index contributed by atoms with van der Waals surface area (Å²) in [6.45, 7) is 8.73. The van der Waals surface area contributed by atoms with Crippen LogP contribution in [0.2, 0.25) is 5.02 Å². The van der Waals surface area contributed by atoms with Crippen LogP contribution in [0.15, 0.2) is 23.0 Å². The van der Waals surface area contributed by atoms with E-state index < -0.39 is 17.5 Å². The van der Waals surface area contributed by atoms with E-state index >= 15 is 0 Å². The van der Waals surface area contributed by atoms with E-state index in [0.29, 0.717) is 40.0 Å². The Kier molecular flexibility index (Phi) is 7.16. The lowest BCUT2D eigenvalue weighted by molar-refractivity contribution is -0.166. The number of pyridine rings is 2. The highest BCUT2D eigenvalue weighted by atomic mass is 35.5. The monoisotopic (exact) mass is 578 g/mol. The van der Waals surface area contributed by atoms with Gasteiger partial charge in [0.05, 0.1) is 42.0 Å². The van der Waals surface area contributed by atoms with Crippen molar-refractivity contribution in [3.8, 4) is 11.4 Å². The van der Waals surface area contributed by atoms with E-state index in [2.05, 4.69) is 17.9 Å². The molecule has 2 aromatic heterocycles. The largest absolute Gasteiger partial charge is 0.460 e. The maximum absolute atomic E-state index is 14.1. The first-order valence-corrected chi connectivity index (χ1v) is 14.7. The molecule has 1 aromatic carbocycles. The number of carbonyl (C=O) groups is 2. The van der Waals surface area contributed by atoms with Crippen LogP contribution in [-0.4, -0.2) is 46.0 Å². The zero-order chi connectivity index (χ0) is 29.1. The van der Waals surface area contributed by atoms with Gasteiger partial charge in [-0.05, 0) is 74.5 Å². The Hall–Kier alpha value is -3.27. The molecule has 6 rings (SSSR count). The molecule has 0 amide bonds. The van der Waals surface area contributed by atoms with Crippen molar-refractivity contribution in [3.63, 3.8) is 0 Å². The second-order valence-electron chi connectivity index (χ2n) is 11.7. The standard InChI is InChI=1S/C31H35ClN4O5/c1-4-31(41-28(38)13-33)12-27(37)40-16-22-23(31)10-26-29-21(15-36(26)30(22)39)20(14-35-7-5-17(2)6-8-35)19-9-18(3)24(32)11-25(19)34-29/h9-11,17H,4-8,12-16,33H2,1-3H3/t31-/m1/s1. The molecule has 1 saturated heterocycles. The van der Waals surface area contributed by atoms with Crippen LogP contribution in [0.4, 0.5) is 0 Å². The lowest BCUT2D eigenvalue weighted by Gasteiger charge is -2.32. The molecule has 0 radical (unpaired) electrons. The van der Waals surface area contributed by atoms with Crippen LogP contribution in [0.25, 0.3) is 22.3 Å². The van der Waals surface area contributed by atoms with Crippen LogP contribution in [0.5, 0.6) is 0 Å². The lowest BCUT2D eigenvalue weighted by Crippen LogP contribution is -2.38. The molecule has 3 aliphatic rings. The average molecular weight is 579 g/mol. The first-order valence-electron chi connectivity index (χ1n) is 14.3. The maximum Gasteiger partial charge on any atom is 0.320 e. The van der Waals surface area contributed by atoms with E-state index in [1.807, 2.05) is 26.0 Å². The number of aryl methyl sites for hydroxylation is 1. The molecule has 0 bridgehead atoms. The summed E-state index contributed by atoms with van der Waals surface area (Å²) >= 11 is 6.56. The number of cyclic esters (lactones) is 1. The summed E-state index contributed by atoms with van der Waals surface area (Å²) in [4.78, 5) is 46.7. The second kappa shape index (κ2) is 10.5. The van der Waals surface area contributed by atoms with E-state index in [1.54, 1.807) is 4.57 Å². The van der Waals surface area contributed by atoms with Gasteiger partial charge in [-0.3, -0.25) is 19.3 Å². The van der Waals surface area contributed by atoms with Gasteiger partial charge in [0, 0.05) is 28.1 Å². The number of hydrogen-bond donors (Lipinski definition) is 1. The summed E-state index contributed by atoms with van der Waals surface area (Å²) in [5.41, 5.74) is 9.98. The molecule has 216 valence electrons. The molecule has 3 aliphatic heterocycles. The Bertz CT molecular complexity index is 1640. The molecule has 1 atom stereocenters. The number of carbonyl (C=O) groups excluding carboxylic acids is 2. The first-order chi connectivity index (χ1) is 19.6. The molecule has 1 fully saturated rings. The highest BCUT2D eigenvalue weighted by molar-refractivity contribution is 6.32. The van der Waals surface area contributed by atoms with E-state index in [4.69, 9.17) is 31.8 Å². The van der Waals surface area contributed by atoms with Crippen molar-refractivity contribution in [3.05, 3.63) is 61.4 Å². The number of esters is 2. The van der Waals surface area contributed by atoms with Crippen molar-refractivity contribution in [2.75, 3.05) is 19.6 Å². The van der Waals surface area contributed by atoms with Crippen molar-refractivity contribution < 1.29 is 19.1 Å². The maximum atomic E-state index is 14.1. The molecular weight excluding hydrogens is 544 g/mol. The summed E-state index contributed by atoms with van der Waals surface area (Å²) in [6.07, 6.45) is 2.38. The average Bonchev–Trinajstić information content (AvgIpc) is 3.25. The fourth-order valence-electron chi connectivity index (χ4n) is 6.52. The van der Waals surface area contributed by atoms with Gasteiger partial charge in [0.15, 0.2) is 0 Å². The van der Waals surface area contributed by atoms with E-state index in [0.717, 1.165) is 60.1 Å². The quantitative estimate of drug-likeness (QED) is 0.351. The molecule has 0 spiro atoms. The number of aromatic nitrogens is 2. The predicted octanol–water partition coefficient (Wildman–Crippen LogP) is 4.17. The minimum absolute atomic E-state index is 0.186. The van der Waals surface area contributed by atoms with Crippen LogP contribution in [-0.2, 0) is 44.4 Å². The predicted molar refractivity (Wildman–Crippen MR) is 155 cm³/mol.